The Kier molecular flexibility index (Phi) is 7.85. The molecule has 0 radical (unpaired) electrons. The molecule has 4 aliphatic carbocycles. The Balaban J connectivity index is 1.24. The lowest BCUT2D eigenvalue weighted by molar-refractivity contribution is -0.181. The number of rotatable bonds is 6. The van der Waals surface area contributed by atoms with Gasteiger partial charge in [-0.25, -0.2) is 0 Å². The first-order valence-electron chi connectivity index (χ1n) is 15.7. The van der Waals surface area contributed by atoms with Crippen molar-refractivity contribution in [3.05, 3.63) is 0 Å². The van der Waals surface area contributed by atoms with Crippen LogP contribution in [0.2, 0.25) is 0 Å². The molecule has 0 aromatic carbocycles. The van der Waals surface area contributed by atoms with Gasteiger partial charge in [-0.15, -0.1) is 0 Å². The third kappa shape index (κ3) is 4.79. The van der Waals surface area contributed by atoms with Crippen LogP contribution in [0, 0.1) is 52.3 Å². The van der Waals surface area contributed by atoms with Gasteiger partial charge in [0.05, 0.1) is 12.2 Å². The lowest BCUT2D eigenvalue weighted by Crippen LogP contribution is -2.61. The number of esters is 1. The van der Waals surface area contributed by atoms with E-state index < -0.39 is 11.0 Å². The quantitative estimate of drug-likeness (QED) is 0.422. The predicted octanol–water partition coefficient (Wildman–Crippen LogP) is 4.89. The van der Waals surface area contributed by atoms with Crippen LogP contribution in [-0.4, -0.2) is 52.9 Å². The first-order chi connectivity index (χ1) is 17.9. The molecule has 0 amide bonds. The van der Waals surface area contributed by atoms with E-state index in [1.165, 1.54) is 0 Å². The van der Waals surface area contributed by atoms with E-state index in [9.17, 15) is 19.8 Å². The molecule has 0 spiro atoms. The maximum atomic E-state index is 14.0. The number of carbonyl (C=O) groups is 2. The van der Waals surface area contributed by atoms with Crippen LogP contribution in [0.25, 0.3) is 0 Å². The monoisotopic (exact) mass is 531 g/mol. The summed E-state index contributed by atoms with van der Waals surface area (Å²) in [5.41, 5.74) is -0.826. The zero-order chi connectivity index (χ0) is 27.5. The molecule has 1 aliphatic heterocycles. The van der Waals surface area contributed by atoms with Crippen molar-refractivity contribution >= 4 is 11.8 Å². The molecule has 4 saturated carbocycles. The predicted molar refractivity (Wildman–Crippen MR) is 147 cm³/mol. The van der Waals surface area contributed by atoms with Crippen molar-refractivity contribution in [2.45, 2.75) is 123 Å². The van der Waals surface area contributed by atoms with E-state index in [4.69, 9.17) is 4.74 Å². The van der Waals surface area contributed by atoms with Gasteiger partial charge in [-0.3, -0.25) is 9.59 Å². The van der Waals surface area contributed by atoms with Gasteiger partial charge >= 0.3 is 5.97 Å². The highest BCUT2D eigenvalue weighted by atomic mass is 16.6. The Hall–Kier alpha value is -0.980. The van der Waals surface area contributed by atoms with Gasteiger partial charge in [0.15, 0.2) is 0 Å². The molecule has 10 atom stereocenters. The third-order valence-electron chi connectivity index (χ3n) is 12.8. The SMILES string of the molecule is C[C@H](CCC(=O)OC(C)(C)C1CCNCC1)[C@H]1CC[C@H]2[C@@H]3C(O)C[C@@H]4CC(O)CC[C@]4(C)[C@H]3CC(=O)[C@]12C. The van der Waals surface area contributed by atoms with E-state index in [2.05, 4.69) is 39.9 Å². The summed E-state index contributed by atoms with van der Waals surface area (Å²) in [6, 6.07) is 0. The summed E-state index contributed by atoms with van der Waals surface area (Å²) in [5, 5.41) is 25.2. The number of aliphatic hydroxyl groups excluding tert-OH is 2. The van der Waals surface area contributed by atoms with Gasteiger partial charge in [-0.05, 0) is 126 Å². The number of Topliss-reactive ketones (excluding diaryl/α,β-unsaturated/α-hetero) is 1. The number of fused-ring (bicyclic) bond motifs is 5. The van der Waals surface area contributed by atoms with Crippen LogP contribution < -0.4 is 5.32 Å². The Morgan fingerprint density at radius 3 is 2.50 bits per heavy atom. The maximum absolute atomic E-state index is 14.0. The Morgan fingerprint density at radius 2 is 1.79 bits per heavy atom. The highest BCUT2D eigenvalue weighted by Crippen LogP contribution is 2.67. The van der Waals surface area contributed by atoms with Crippen molar-refractivity contribution in [3.63, 3.8) is 0 Å². The van der Waals surface area contributed by atoms with E-state index in [0.717, 1.165) is 70.9 Å². The highest BCUT2D eigenvalue weighted by molar-refractivity contribution is 5.87. The van der Waals surface area contributed by atoms with Crippen LogP contribution in [0.4, 0.5) is 0 Å². The summed E-state index contributed by atoms with van der Waals surface area (Å²) in [5.74, 6) is 2.07. The molecule has 1 heterocycles. The van der Waals surface area contributed by atoms with E-state index in [-0.39, 0.29) is 53.2 Å². The van der Waals surface area contributed by atoms with Crippen molar-refractivity contribution in [1.29, 1.82) is 0 Å². The number of hydrogen-bond acceptors (Lipinski definition) is 6. The third-order valence-corrected chi connectivity index (χ3v) is 12.8. The summed E-state index contributed by atoms with van der Waals surface area (Å²) in [7, 11) is 0. The molecule has 2 unspecified atom stereocenters. The number of ketones is 1. The number of ether oxygens (including phenoxy) is 1. The second-order valence-corrected chi connectivity index (χ2v) is 14.9. The minimum Gasteiger partial charge on any atom is -0.459 e. The lowest BCUT2D eigenvalue weighted by atomic mass is 9.43. The average molecular weight is 532 g/mol. The Labute approximate surface area is 230 Å². The fraction of sp³-hybridized carbons (Fsp3) is 0.938. The molecule has 0 aromatic heterocycles. The largest absolute Gasteiger partial charge is 0.459 e. The number of hydrogen-bond donors (Lipinski definition) is 3. The normalized spacial score (nSPS) is 44.6. The molecular formula is C32H53NO5. The van der Waals surface area contributed by atoms with Gasteiger partial charge in [-0.2, -0.15) is 0 Å². The molecule has 38 heavy (non-hydrogen) atoms. The van der Waals surface area contributed by atoms with Crippen LogP contribution in [0.5, 0.6) is 0 Å². The summed E-state index contributed by atoms with van der Waals surface area (Å²) in [4.78, 5) is 26.9. The molecule has 6 heteroatoms. The molecule has 6 nitrogen and oxygen atoms in total. The van der Waals surface area contributed by atoms with Crippen LogP contribution >= 0.6 is 0 Å². The molecule has 5 fully saturated rings. The first-order valence-corrected chi connectivity index (χ1v) is 15.7. The maximum Gasteiger partial charge on any atom is 0.306 e. The van der Waals surface area contributed by atoms with Gasteiger partial charge in [0.2, 0.25) is 0 Å². The minimum absolute atomic E-state index is 0.0365. The zero-order valence-electron chi connectivity index (χ0n) is 24.5. The standard InChI is InChI=1S/C32H53NO5/c1-19(6-9-28(37)38-30(2,3)20-11-14-33-15-12-20)23-7-8-24-29-25(18-27(36)32(23,24)5)31(4)13-10-22(34)16-21(31)17-26(29)35/h19-26,29,33-35H,6-18H2,1-5H3/t19-,21+,22?,23-,24+,25+,26?,29+,31+,32-/m1/s1. The van der Waals surface area contributed by atoms with Crippen molar-refractivity contribution < 1.29 is 24.5 Å². The molecule has 216 valence electrons. The topological polar surface area (TPSA) is 95.9 Å². The smallest absolute Gasteiger partial charge is 0.306 e. The summed E-state index contributed by atoms with van der Waals surface area (Å²) < 4.78 is 6.01. The van der Waals surface area contributed by atoms with Gasteiger partial charge < -0.3 is 20.3 Å². The first kappa shape index (κ1) is 28.5. The Bertz CT molecular complexity index is 898. The minimum atomic E-state index is -0.443. The summed E-state index contributed by atoms with van der Waals surface area (Å²) in [6.07, 6.45) is 8.41. The number of nitrogens with one attached hydrogen (secondary N) is 1. The number of carbonyl (C=O) groups excluding carboxylic acids is 2. The molecule has 5 aliphatic rings. The van der Waals surface area contributed by atoms with E-state index in [1.54, 1.807) is 0 Å². The highest BCUT2D eigenvalue weighted by Gasteiger charge is 2.65. The van der Waals surface area contributed by atoms with Crippen molar-refractivity contribution in [3.8, 4) is 0 Å². The second-order valence-electron chi connectivity index (χ2n) is 14.9. The molecule has 1 saturated heterocycles. The van der Waals surface area contributed by atoms with Gasteiger partial charge in [0.1, 0.15) is 11.4 Å². The summed E-state index contributed by atoms with van der Waals surface area (Å²) >= 11 is 0. The fourth-order valence-electron chi connectivity index (χ4n) is 10.4. The van der Waals surface area contributed by atoms with Gasteiger partial charge in [0, 0.05) is 24.2 Å². The van der Waals surface area contributed by atoms with Gasteiger partial charge in [0.25, 0.3) is 0 Å². The van der Waals surface area contributed by atoms with E-state index >= 15 is 0 Å². The van der Waals surface area contributed by atoms with E-state index in [0.29, 0.717) is 30.5 Å². The average Bonchev–Trinajstić information content (AvgIpc) is 3.23. The van der Waals surface area contributed by atoms with Crippen LogP contribution in [0.3, 0.4) is 0 Å². The second kappa shape index (κ2) is 10.4. The molecule has 5 rings (SSSR count). The van der Waals surface area contributed by atoms with Crippen molar-refractivity contribution in [2.24, 2.45) is 52.3 Å². The zero-order valence-corrected chi connectivity index (χ0v) is 24.5. The molecule has 3 N–H and O–H groups in total. The van der Waals surface area contributed by atoms with E-state index in [1.807, 2.05) is 0 Å². The fourth-order valence-corrected chi connectivity index (χ4v) is 10.4. The van der Waals surface area contributed by atoms with Gasteiger partial charge in [-0.1, -0.05) is 20.8 Å². The number of piperidine rings is 1. The van der Waals surface area contributed by atoms with Crippen molar-refractivity contribution in [2.75, 3.05) is 13.1 Å². The number of aliphatic hydroxyl groups is 2. The van der Waals surface area contributed by atoms with Crippen molar-refractivity contribution in [1.82, 2.24) is 5.32 Å². The lowest BCUT2D eigenvalue weighted by Gasteiger charge is -2.61. The molecule has 0 aromatic rings. The molecular weight excluding hydrogens is 478 g/mol. The molecule has 0 bridgehead atoms. The van der Waals surface area contributed by atoms with Crippen LogP contribution in [0.1, 0.15) is 105 Å². The van der Waals surface area contributed by atoms with Crippen LogP contribution in [-0.2, 0) is 14.3 Å². The Morgan fingerprint density at radius 1 is 1.08 bits per heavy atom. The summed E-state index contributed by atoms with van der Waals surface area (Å²) in [6.45, 7) is 12.8. The van der Waals surface area contributed by atoms with Crippen LogP contribution in [0.15, 0.2) is 0 Å².